The number of esters is 1. The van der Waals surface area contributed by atoms with Crippen molar-refractivity contribution in [1.29, 1.82) is 0 Å². The zero-order valence-electron chi connectivity index (χ0n) is 30.9. The highest BCUT2D eigenvalue weighted by molar-refractivity contribution is 7.91. The summed E-state index contributed by atoms with van der Waals surface area (Å²) in [5.74, 6) is -2.17. The average Bonchev–Trinajstić information content (AvgIpc) is 3.09. The van der Waals surface area contributed by atoms with Crippen LogP contribution < -0.4 is 10.2 Å². The molecule has 0 saturated heterocycles. The summed E-state index contributed by atoms with van der Waals surface area (Å²) in [4.78, 5) is 48.9. The van der Waals surface area contributed by atoms with Crippen molar-refractivity contribution >= 4 is 50.8 Å². The van der Waals surface area contributed by atoms with Crippen molar-refractivity contribution in [2.75, 3.05) is 12.9 Å². The summed E-state index contributed by atoms with van der Waals surface area (Å²) in [6.07, 6.45) is 4.36. The predicted molar refractivity (Wildman–Crippen MR) is 204 cm³/mol. The first-order chi connectivity index (χ1) is 25.0. The molecule has 1 N–H and O–H groups in total. The van der Waals surface area contributed by atoms with Crippen LogP contribution in [0.15, 0.2) is 66.7 Å². The van der Waals surface area contributed by atoms with Crippen molar-refractivity contribution in [3.63, 3.8) is 0 Å². The predicted octanol–water partition coefficient (Wildman–Crippen LogP) is 7.87. The maximum Gasteiger partial charge on any atom is 0.344 e. The van der Waals surface area contributed by atoms with Gasteiger partial charge >= 0.3 is 5.97 Å². The molecule has 53 heavy (non-hydrogen) atoms. The molecule has 2 aliphatic rings. The number of sulfone groups is 1. The lowest BCUT2D eigenvalue weighted by Crippen LogP contribution is -2.55. The third-order valence-electron chi connectivity index (χ3n) is 10.3. The number of ether oxygens (including phenoxy) is 2. The van der Waals surface area contributed by atoms with Gasteiger partial charge in [-0.3, -0.25) is 14.4 Å². The second kappa shape index (κ2) is 16.8. The van der Waals surface area contributed by atoms with Gasteiger partial charge in [0.15, 0.2) is 6.61 Å². The topological polar surface area (TPSA) is 128 Å². The number of hydrogen-bond donors (Lipinski definition) is 1. The Balaban J connectivity index is 1.46. The Bertz CT molecular complexity index is 1930. The van der Waals surface area contributed by atoms with Gasteiger partial charge in [0.1, 0.15) is 21.2 Å². The molecule has 0 bridgehead atoms. The second-order valence-electron chi connectivity index (χ2n) is 15.1. The van der Waals surface area contributed by atoms with Gasteiger partial charge in [0.2, 0.25) is 0 Å². The number of carbonyl (C=O) groups excluding carboxylic acids is 3. The van der Waals surface area contributed by atoms with E-state index < -0.39 is 44.5 Å². The Hall–Kier alpha value is -3.64. The molecule has 1 aliphatic carbocycles. The fourth-order valence-electron chi connectivity index (χ4n) is 7.60. The van der Waals surface area contributed by atoms with Crippen molar-refractivity contribution in [2.24, 2.45) is 11.8 Å². The van der Waals surface area contributed by atoms with Gasteiger partial charge in [0, 0.05) is 27.9 Å². The van der Waals surface area contributed by atoms with Gasteiger partial charge in [0.25, 0.3) is 11.8 Å². The summed E-state index contributed by atoms with van der Waals surface area (Å²) < 4.78 is 36.4. The molecule has 5 rings (SSSR count). The Labute approximate surface area is 322 Å². The van der Waals surface area contributed by atoms with Crippen LogP contribution in [0.1, 0.15) is 99.3 Å². The third-order valence-corrected chi connectivity index (χ3v) is 12.6. The Morgan fingerprint density at radius 3 is 2.38 bits per heavy atom. The summed E-state index contributed by atoms with van der Waals surface area (Å²) >= 11 is 13.2. The number of amides is 2. The van der Waals surface area contributed by atoms with Gasteiger partial charge in [-0.2, -0.15) is 0 Å². The van der Waals surface area contributed by atoms with E-state index in [1.165, 1.54) is 6.26 Å². The minimum atomic E-state index is -3.37. The first-order valence-electron chi connectivity index (χ1n) is 17.9. The first-order valence-corrected chi connectivity index (χ1v) is 20.6. The molecule has 1 saturated carbocycles. The molecule has 0 aromatic heterocycles. The van der Waals surface area contributed by atoms with E-state index in [4.69, 9.17) is 37.5 Å². The normalized spacial score (nSPS) is 21.7. The zero-order valence-corrected chi connectivity index (χ0v) is 33.3. The quantitative estimate of drug-likeness (QED) is 0.145. The summed E-state index contributed by atoms with van der Waals surface area (Å²) in [6, 6.07) is 17.8. The lowest BCUT2D eigenvalue weighted by atomic mass is 9.71. The van der Waals surface area contributed by atoms with Crippen molar-refractivity contribution in [2.45, 2.75) is 95.8 Å². The highest BCUT2D eigenvalue weighted by atomic mass is 35.5. The monoisotopic (exact) mass is 786 g/mol. The van der Waals surface area contributed by atoms with Crippen LogP contribution in [0, 0.1) is 11.8 Å². The molecule has 0 radical (unpaired) electrons. The molecular weight excluding hydrogens is 739 g/mol. The SMILES string of the molecule is CC(C(C)S(C)(=O)=O)[C@H]1CCCC[C@@H]1N1C(=O)c2ccccc2[C@@H](C(=O)NOCc2cccc(OCC(=O)OC(C)(C)C)c2)[C@@H]1c1ccc(Cl)cc1Cl. The molecule has 286 valence electrons. The Morgan fingerprint density at radius 2 is 1.68 bits per heavy atom. The maximum atomic E-state index is 14.7. The number of carbonyl (C=O) groups is 3. The first kappa shape index (κ1) is 40.5. The van der Waals surface area contributed by atoms with E-state index in [1.807, 2.05) is 6.92 Å². The van der Waals surface area contributed by atoms with E-state index in [-0.39, 0.29) is 37.0 Å². The highest BCUT2D eigenvalue weighted by Crippen LogP contribution is 2.50. The van der Waals surface area contributed by atoms with Gasteiger partial charge in [0.05, 0.1) is 23.8 Å². The third kappa shape index (κ3) is 9.73. The molecule has 6 atom stereocenters. The van der Waals surface area contributed by atoms with Crippen LogP contribution in [0.25, 0.3) is 0 Å². The van der Waals surface area contributed by atoms with Gasteiger partial charge in [-0.05, 0) is 99.4 Å². The molecule has 2 amide bonds. The minimum Gasteiger partial charge on any atom is -0.482 e. The van der Waals surface area contributed by atoms with Crippen molar-refractivity contribution in [3.8, 4) is 5.75 Å². The largest absolute Gasteiger partial charge is 0.482 e. The summed E-state index contributed by atoms with van der Waals surface area (Å²) in [6.45, 7) is 8.71. The number of fused-ring (bicyclic) bond motifs is 1. The maximum absolute atomic E-state index is 14.7. The van der Waals surface area contributed by atoms with Crippen LogP contribution in [0.3, 0.4) is 0 Å². The van der Waals surface area contributed by atoms with Gasteiger partial charge in [-0.15, -0.1) is 0 Å². The van der Waals surface area contributed by atoms with Crippen molar-refractivity contribution in [1.82, 2.24) is 10.4 Å². The number of benzene rings is 3. The lowest BCUT2D eigenvalue weighted by molar-refractivity contribution is -0.157. The minimum absolute atomic E-state index is 0.0235. The van der Waals surface area contributed by atoms with E-state index in [9.17, 15) is 22.8 Å². The van der Waals surface area contributed by atoms with Gasteiger partial charge < -0.3 is 14.4 Å². The van der Waals surface area contributed by atoms with E-state index in [0.717, 1.165) is 19.3 Å². The summed E-state index contributed by atoms with van der Waals surface area (Å²) in [7, 11) is -3.37. The van der Waals surface area contributed by atoms with E-state index >= 15 is 0 Å². The molecule has 3 aromatic carbocycles. The highest BCUT2D eigenvalue weighted by Gasteiger charge is 2.50. The van der Waals surface area contributed by atoms with E-state index in [2.05, 4.69) is 5.48 Å². The fraction of sp³-hybridized carbons (Fsp3) is 0.475. The average molecular weight is 788 g/mol. The smallest absolute Gasteiger partial charge is 0.344 e. The molecule has 10 nitrogen and oxygen atoms in total. The zero-order chi connectivity index (χ0) is 38.7. The molecule has 1 aliphatic heterocycles. The van der Waals surface area contributed by atoms with Gasteiger partial charge in [-0.1, -0.05) is 79.4 Å². The molecule has 2 unspecified atom stereocenters. The molecule has 0 spiro atoms. The second-order valence-corrected chi connectivity index (χ2v) is 18.3. The molecule has 3 aromatic rings. The van der Waals surface area contributed by atoms with Crippen molar-refractivity contribution < 1.29 is 37.1 Å². The molecule has 1 heterocycles. The van der Waals surface area contributed by atoms with Crippen molar-refractivity contribution in [3.05, 3.63) is 99.0 Å². The Kier molecular flexibility index (Phi) is 12.8. The summed E-state index contributed by atoms with van der Waals surface area (Å²) in [5, 5.41) is 0.0682. The molecular formula is C40H48Cl2N2O8S. The molecule has 1 fully saturated rings. The lowest BCUT2D eigenvalue weighted by Gasteiger charge is -2.50. The van der Waals surface area contributed by atoms with E-state index in [0.29, 0.717) is 44.5 Å². The number of nitrogens with zero attached hydrogens (tertiary/aromatic N) is 1. The molecule has 13 heteroatoms. The number of hydrogen-bond acceptors (Lipinski definition) is 8. The standard InChI is InChI=1S/C40H48Cl2N2O8S/c1-24(25(2)53(6,48)49)29-14-9-10-17-34(29)44-37(32-19-18-27(41)21-33(32)42)36(30-15-7-8-16-31(30)39(44)47)38(46)43-51-22-26-12-11-13-28(20-26)50-23-35(45)52-40(3,4)5/h7-8,11-13,15-16,18-21,24-25,29,34,36-37H,9-10,14,17,22-23H2,1-6H3,(H,43,46)/t24?,25?,29-,34+,36-,37+/m1/s1. The fourth-order valence-corrected chi connectivity index (χ4v) is 9.10. The van der Waals surface area contributed by atoms with Crippen LogP contribution in [-0.4, -0.2) is 60.9 Å². The van der Waals surface area contributed by atoms with Crippen LogP contribution in [-0.2, 0) is 35.6 Å². The number of nitrogens with one attached hydrogen (secondary N) is 1. The number of hydroxylamine groups is 1. The number of rotatable bonds is 12. The van der Waals surface area contributed by atoms with Crippen LogP contribution in [0.2, 0.25) is 10.0 Å². The number of halogens is 2. The van der Waals surface area contributed by atoms with Crippen LogP contribution in [0.5, 0.6) is 5.75 Å². The van der Waals surface area contributed by atoms with Gasteiger partial charge in [-0.25, -0.2) is 18.7 Å². The Morgan fingerprint density at radius 1 is 0.962 bits per heavy atom. The van der Waals surface area contributed by atoms with Crippen LogP contribution >= 0.6 is 23.2 Å². The summed E-state index contributed by atoms with van der Waals surface area (Å²) in [5.41, 5.74) is 4.12. The van der Waals surface area contributed by atoms with Crippen LogP contribution in [0.4, 0.5) is 0 Å². The van der Waals surface area contributed by atoms with E-state index in [1.54, 1.807) is 99.3 Å².